The lowest BCUT2D eigenvalue weighted by atomic mass is 9.70. The minimum Gasteiger partial charge on any atom is -0.455 e. The first-order chi connectivity index (χ1) is 28.3. The summed E-state index contributed by atoms with van der Waals surface area (Å²) in [4.78, 5) is 0. The van der Waals surface area contributed by atoms with Crippen molar-refractivity contribution in [2.75, 3.05) is 0 Å². The monoisotopic (exact) mass is 724 g/mol. The Morgan fingerprint density at radius 1 is 0.333 bits per heavy atom. The van der Waals surface area contributed by atoms with E-state index in [1.807, 2.05) is 0 Å². The van der Waals surface area contributed by atoms with E-state index in [1.54, 1.807) is 0 Å². The summed E-state index contributed by atoms with van der Waals surface area (Å²) in [6, 6.07) is 77.9. The molecule has 266 valence electrons. The molecule has 2 aliphatic carbocycles. The van der Waals surface area contributed by atoms with Crippen molar-refractivity contribution in [1.29, 1.82) is 0 Å². The van der Waals surface area contributed by atoms with E-state index in [2.05, 4.69) is 212 Å². The highest BCUT2D eigenvalue weighted by atomic mass is 16.3. The highest BCUT2D eigenvalue weighted by Gasteiger charge is 2.52. The minimum atomic E-state index is -0.388. The first-order valence-corrected chi connectivity index (χ1v) is 19.9. The van der Waals surface area contributed by atoms with Gasteiger partial charge in [-0.05, 0) is 90.0 Å². The Kier molecular flexibility index (Phi) is 6.97. The molecule has 1 spiro atoms. The predicted molar refractivity (Wildman–Crippen MR) is 235 cm³/mol. The lowest BCUT2D eigenvalue weighted by Crippen LogP contribution is -2.25. The van der Waals surface area contributed by atoms with Gasteiger partial charge in [-0.25, -0.2) is 0 Å². The number of benzene rings is 9. The van der Waals surface area contributed by atoms with Gasteiger partial charge in [0.05, 0.1) is 5.41 Å². The molecule has 0 aliphatic heterocycles. The van der Waals surface area contributed by atoms with Crippen molar-refractivity contribution in [3.05, 3.63) is 251 Å². The second-order valence-electron chi connectivity index (χ2n) is 15.5. The van der Waals surface area contributed by atoms with E-state index in [0.717, 1.165) is 21.9 Å². The molecule has 1 unspecified atom stereocenters. The quantitative estimate of drug-likeness (QED) is 0.161. The van der Waals surface area contributed by atoms with Crippen LogP contribution in [0.1, 0.15) is 44.9 Å². The fraction of sp³-hybridized carbons (Fsp3) is 0.0357. The molecule has 0 bridgehead atoms. The molecule has 9 aromatic carbocycles. The maximum atomic E-state index is 6.91. The third kappa shape index (κ3) is 4.63. The fourth-order valence-electron chi connectivity index (χ4n) is 10.2. The van der Waals surface area contributed by atoms with E-state index in [4.69, 9.17) is 4.42 Å². The second-order valence-corrected chi connectivity index (χ2v) is 15.5. The third-order valence-corrected chi connectivity index (χ3v) is 12.7. The van der Waals surface area contributed by atoms with Gasteiger partial charge in [0.1, 0.15) is 11.2 Å². The molecule has 0 fully saturated rings. The van der Waals surface area contributed by atoms with Crippen LogP contribution in [-0.2, 0) is 5.41 Å². The van der Waals surface area contributed by atoms with E-state index in [0.29, 0.717) is 0 Å². The zero-order valence-corrected chi connectivity index (χ0v) is 31.2. The van der Waals surface area contributed by atoms with Gasteiger partial charge in [-0.1, -0.05) is 200 Å². The molecule has 1 aromatic heterocycles. The van der Waals surface area contributed by atoms with Crippen molar-refractivity contribution < 1.29 is 4.42 Å². The molecule has 57 heavy (non-hydrogen) atoms. The van der Waals surface area contributed by atoms with E-state index >= 15 is 0 Å². The van der Waals surface area contributed by atoms with Crippen LogP contribution < -0.4 is 0 Å². The Labute approximate surface area is 332 Å². The maximum absolute atomic E-state index is 6.91. The summed E-state index contributed by atoms with van der Waals surface area (Å²) in [5.74, 6) is 0.123. The van der Waals surface area contributed by atoms with Gasteiger partial charge in [0.25, 0.3) is 0 Å². The van der Waals surface area contributed by atoms with Crippen LogP contribution in [0.5, 0.6) is 0 Å². The molecular weight excluding hydrogens is 689 g/mol. The Bertz CT molecular complexity index is 3110. The summed E-state index contributed by atoms with van der Waals surface area (Å²) < 4.78 is 6.91. The van der Waals surface area contributed by atoms with Gasteiger partial charge in [-0.3, -0.25) is 0 Å². The average Bonchev–Trinajstić information content (AvgIpc) is 3.91. The van der Waals surface area contributed by atoms with Crippen LogP contribution in [0.15, 0.2) is 217 Å². The number of furan rings is 1. The molecule has 0 amide bonds. The van der Waals surface area contributed by atoms with Gasteiger partial charge in [-0.15, -0.1) is 0 Å². The number of rotatable bonds is 5. The Hall–Kier alpha value is -7.22. The number of hydrogen-bond donors (Lipinski definition) is 0. The summed E-state index contributed by atoms with van der Waals surface area (Å²) in [5.41, 5.74) is 20.5. The van der Waals surface area contributed by atoms with Gasteiger partial charge in [0.15, 0.2) is 0 Å². The number of fused-ring (bicyclic) bond motifs is 14. The molecule has 12 rings (SSSR count). The topological polar surface area (TPSA) is 13.1 Å². The van der Waals surface area contributed by atoms with Gasteiger partial charge in [0, 0.05) is 22.3 Å². The Morgan fingerprint density at radius 2 is 0.807 bits per heavy atom. The zero-order chi connectivity index (χ0) is 37.5. The highest BCUT2D eigenvalue weighted by Crippen LogP contribution is 2.64. The molecule has 1 heteroatoms. The van der Waals surface area contributed by atoms with Crippen LogP contribution in [0.25, 0.3) is 66.4 Å². The lowest BCUT2D eigenvalue weighted by molar-refractivity contribution is 0.669. The molecular formula is C56H36O. The SMILES string of the molecule is c1ccc(-c2ccc(C(c3ccccc3)c3ccc(-c4ccc5oc6c7c(ccc6c5c4)C4(c5ccccc5-c5ccccc54)c4ccccc4-7)cc3)cc2)cc1. The van der Waals surface area contributed by atoms with Crippen LogP contribution in [0.3, 0.4) is 0 Å². The smallest absolute Gasteiger partial charge is 0.143 e. The first kappa shape index (κ1) is 32.1. The van der Waals surface area contributed by atoms with Crippen molar-refractivity contribution in [3.63, 3.8) is 0 Å². The predicted octanol–water partition coefficient (Wildman–Crippen LogP) is 14.4. The van der Waals surface area contributed by atoms with Crippen LogP contribution >= 0.6 is 0 Å². The molecule has 0 saturated heterocycles. The van der Waals surface area contributed by atoms with Crippen molar-refractivity contribution >= 4 is 21.9 Å². The first-order valence-electron chi connectivity index (χ1n) is 19.9. The molecule has 1 heterocycles. The summed E-state index contributed by atoms with van der Waals surface area (Å²) in [5, 5.41) is 2.29. The van der Waals surface area contributed by atoms with Crippen molar-refractivity contribution in [1.82, 2.24) is 0 Å². The summed E-state index contributed by atoms with van der Waals surface area (Å²) in [7, 11) is 0. The van der Waals surface area contributed by atoms with Gasteiger partial charge in [-0.2, -0.15) is 0 Å². The summed E-state index contributed by atoms with van der Waals surface area (Å²) in [6.07, 6.45) is 0. The molecule has 0 radical (unpaired) electrons. The van der Waals surface area contributed by atoms with Gasteiger partial charge in [0.2, 0.25) is 0 Å². The van der Waals surface area contributed by atoms with E-state index in [1.165, 1.54) is 83.5 Å². The van der Waals surface area contributed by atoms with E-state index in [9.17, 15) is 0 Å². The average molecular weight is 725 g/mol. The second kappa shape index (κ2) is 12.4. The highest BCUT2D eigenvalue weighted by molar-refractivity contribution is 6.13. The van der Waals surface area contributed by atoms with Crippen LogP contribution in [0.2, 0.25) is 0 Å². The van der Waals surface area contributed by atoms with Crippen LogP contribution in [0, 0.1) is 0 Å². The standard InChI is InChI=1S/C56H36O/c1-3-13-36(14-4-1)37-23-27-40(28-24-37)53(39-15-5-2-6-16-39)41-29-25-38(26-30-41)42-31-34-52-47(35-42)45-32-33-51-54(55(45)57-52)46-19-9-12-22-50(46)56(51)48-20-10-7-17-43(48)44-18-8-11-21-49(44)56/h1-35,53H. The maximum Gasteiger partial charge on any atom is 0.143 e. The summed E-state index contributed by atoms with van der Waals surface area (Å²) in [6.45, 7) is 0. The molecule has 2 aliphatic rings. The van der Waals surface area contributed by atoms with Gasteiger partial charge < -0.3 is 4.42 Å². The fourth-order valence-corrected chi connectivity index (χ4v) is 10.2. The molecule has 1 nitrogen and oxygen atoms in total. The van der Waals surface area contributed by atoms with Crippen molar-refractivity contribution in [2.45, 2.75) is 11.3 Å². The normalized spacial score (nSPS) is 13.7. The Balaban J connectivity index is 0.957. The van der Waals surface area contributed by atoms with Crippen LogP contribution in [0.4, 0.5) is 0 Å². The number of hydrogen-bond acceptors (Lipinski definition) is 1. The molecule has 10 aromatic rings. The Morgan fingerprint density at radius 3 is 1.44 bits per heavy atom. The zero-order valence-electron chi connectivity index (χ0n) is 31.2. The third-order valence-electron chi connectivity index (χ3n) is 12.7. The summed E-state index contributed by atoms with van der Waals surface area (Å²) >= 11 is 0. The van der Waals surface area contributed by atoms with E-state index in [-0.39, 0.29) is 11.3 Å². The lowest BCUT2D eigenvalue weighted by Gasteiger charge is -2.30. The van der Waals surface area contributed by atoms with Crippen molar-refractivity contribution in [2.24, 2.45) is 0 Å². The molecule has 0 saturated carbocycles. The largest absolute Gasteiger partial charge is 0.455 e. The molecule has 0 N–H and O–H groups in total. The molecule has 1 atom stereocenters. The minimum absolute atomic E-state index is 0.123. The van der Waals surface area contributed by atoms with Gasteiger partial charge >= 0.3 is 0 Å². The van der Waals surface area contributed by atoms with Crippen molar-refractivity contribution in [3.8, 4) is 44.5 Å². The van der Waals surface area contributed by atoms with E-state index < -0.39 is 0 Å². The van der Waals surface area contributed by atoms with Crippen LogP contribution in [-0.4, -0.2) is 0 Å².